The number of sulfone groups is 1. The topological polar surface area (TPSA) is 122 Å². The average molecular weight is 551 g/mol. The number of halogens is 1. The van der Waals surface area contributed by atoms with Crippen LogP contribution < -0.4 is 10.2 Å². The highest BCUT2D eigenvalue weighted by atomic mass is 32.2. The monoisotopic (exact) mass is 550 g/mol. The molecule has 0 spiro atoms. The summed E-state index contributed by atoms with van der Waals surface area (Å²) in [7, 11) is -3.56. The van der Waals surface area contributed by atoms with Crippen molar-refractivity contribution in [1.82, 2.24) is 15.3 Å². The van der Waals surface area contributed by atoms with Crippen molar-refractivity contribution in [3.63, 3.8) is 0 Å². The first kappa shape index (κ1) is 27.6. The smallest absolute Gasteiger partial charge is 0.281 e. The van der Waals surface area contributed by atoms with Crippen molar-refractivity contribution in [2.75, 3.05) is 11.4 Å². The molecule has 1 N–H and O–H groups in total. The van der Waals surface area contributed by atoms with Gasteiger partial charge in [-0.05, 0) is 68.3 Å². The van der Waals surface area contributed by atoms with Crippen LogP contribution in [0.2, 0.25) is 0 Å². The standard InChI is InChI=1S/C28H27FN4O5S/c1-19(2)39(36,37)24-10-8-23(9-11-24)33(28(35)25-17-38-18-32-25)26(21-6-4-13-30-16-21)27(34)31-14-12-20-5-3-7-22(29)15-20/h3-11,13,15-19,26H,12,14H2,1-2H3,(H,31,34). The highest BCUT2D eigenvalue weighted by molar-refractivity contribution is 7.92. The predicted molar refractivity (Wildman–Crippen MR) is 142 cm³/mol. The zero-order valence-corrected chi connectivity index (χ0v) is 22.1. The van der Waals surface area contributed by atoms with Crippen LogP contribution in [0.1, 0.15) is 41.5 Å². The molecule has 0 aliphatic carbocycles. The second kappa shape index (κ2) is 12.0. The zero-order valence-electron chi connectivity index (χ0n) is 21.3. The maximum Gasteiger partial charge on any atom is 0.281 e. The summed E-state index contributed by atoms with van der Waals surface area (Å²) >= 11 is 0. The van der Waals surface area contributed by atoms with E-state index in [0.717, 1.165) is 12.7 Å². The molecule has 4 rings (SSSR count). The SMILES string of the molecule is CC(C)S(=O)(=O)c1ccc(N(C(=O)c2cocn2)C(C(=O)NCCc2cccc(F)c2)c2cccnc2)cc1. The highest BCUT2D eigenvalue weighted by Crippen LogP contribution is 2.31. The van der Waals surface area contributed by atoms with Crippen molar-refractivity contribution in [2.24, 2.45) is 0 Å². The highest BCUT2D eigenvalue weighted by Gasteiger charge is 2.35. The Morgan fingerprint density at radius 2 is 1.85 bits per heavy atom. The first-order valence-electron chi connectivity index (χ1n) is 12.2. The Kier molecular flexibility index (Phi) is 8.50. The van der Waals surface area contributed by atoms with Crippen LogP contribution in [0.4, 0.5) is 10.1 Å². The van der Waals surface area contributed by atoms with Gasteiger partial charge in [-0.15, -0.1) is 0 Å². The fourth-order valence-corrected chi connectivity index (χ4v) is 5.03. The van der Waals surface area contributed by atoms with Gasteiger partial charge in [0, 0.05) is 30.2 Å². The van der Waals surface area contributed by atoms with Crippen molar-refractivity contribution >= 4 is 27.3 Å². The normalized spacial score (nSPS) is 12.2. The third-order valence-corrected chi connectivity index (χ3v) is 8.21. The van der Waals surface area contributed by atoms with Gasteiger partial charge in [0.2, 0.25) is 5.91 Å². The number of carbonyl (C=O) groups is 2. The molecule has 2 aromatic carbocycles. The van der Waals surface area contributed by atoms with Gasteiger partial charge in [-0.1, -0.05) is 18.2 Å². The minimum atomic E-state index is -3.56. The van der Waals surface area contributed by atoms with Crippen LogP contribution in [0.3, 0.4) is 0 Å². The number of oxazole rings is 1. The van der Waals surface area contributed by atoms with E-state index in [9.17, 15) is 22.4 Å². The first-order chi connectivity index (χ1) is 18.7. The third kappa shape index (κ3) is 6.37. The maximum atomic E-state index is 13.7. The summed E-state index contributed by atoms with van der Waals surface area (Å²) in [5.41, 5.74) is 1.33. The molecule has 0 aliphatic heterocycles. The summed E-state index contributed by atoms with van der Waals surface area (Å²) < 4.78 is 43.9. The van der Waals surface area contributed by atoms with Gasteiger partial charge in [0.25, 0.3) is 5.91 Å². The van der Waals surface area contributed by atoms with E-state index in [-0.39, 0.29) is 28.6 Å². The van der Waals surface area contributed by atoms with Gasteiger partial charge in [-0.25, -0.2) is 17.8 Å². The predicted octanol–water partition coefficient (Wildman–Crippen LogP) is 4.14. The van der Waals surface area contributed by atoms with Crippen molar-refractivity contribution in [2.45, 2.75) is 36.5 Å². The molecule has 0 fully saturated rings. The average Bonchev–Trinajstić information content (AvgIpc) is 3.47. The lowest BCUT2D eigenvalue weighted by Crippen LogP contribution is -2.44. The van der Waals surface area contributed by atoms with E-state index in [1.165, 1.54) is 53.7 Å². The van der Waals surface area contributed by atoms with E-state index in [4.69, 9.17) is 4.42 Å². The molecule has 11 heteroatoms. The second-order valence-electron chi connectivity index (χ2n) is 9.00. The lowest BCUT2D eigenvalue weighted by Gasteiger charge is -2.31. The van der Waals surface area contributed by atoms with Gasteiger partial charge in [-0.3, -0.25) is 19.5 Å². The third-order valence-electron chi connectivity index (χ3n) is 6.04. The number of benzene rings is 2. The van der Waals surface area contributed by atoms with Gasteiger partial charge in [-0.2, -0.15) is 0 Å². The summed E-state index contributed by atoms with van der Waals surface area (Å²) in [5.74, 6) is -1.54. The number of amides is 2. The molecule has 4 aromatic rings. The Hall–Kier alpha value is -4.38. The number of nitrogens with zero attached hydrogens (tertiary/aromatic N) is 3. The van der Waals surface area contributed by atoms with Crippen LogP contribution in [-0.4, -0.2) is 42.0 Å². The summed E-state index contributed by atoms with van der Waals surface area (Å²) in [6.07, 6.45) is 5.63. The van der Waals surface area contributed by atoms with Crippen molar-refractivity contribution in [1.29, 1.82) is 0 Å². The van der Waals surface area contributed by atoms with Crippen molar-refractivity contribution < 1.29 is 26.8 Å². The fraction of sp³-hybridized carbons (Fsp3) is 0.214. The van der Waals surface area contributed by atoms with Gasteiger partial charge < -0.3 is 9.73 Å². The molecule has 2 heterocycles. The molecule has 0 bridgehead atoms. The molecule has 0 saturated carbocycles. The van der Waals surface area contributed by atoms with Crippen molar-refractivity contribution in [3.05, 3.63) is 108 Å². The number of hydrogen-bond acceptors (Lipinski definition) is 7. The van der Waals surface area contributed by atoms with Crippen molar-refractivity contribution in [3.8, 4) is 0 Å². The van der Waals surface area contributed by atoms with Crippen LogP contribution in [0, 0.1) is 5.82 Å². The Morgan fingerprint density at radius 1 is 1.08 bits per heavy atom. The number of hydrogen-bond donors (Lipinski definition) is 1. The van der Waals surface area contributed by atoms with E-state index in [2.05, 4.69) is 15.3 Å². The minimum absolute atomic E-state index is 0.0460. The molecular formula is C28H27FN4O5S. The zero-order chi connectivity index (χ0) is 28.0. The van der Waals surface area contributed by atoms with Gasteiger partial charge in [0.05, 0.1) is 10.1 Å². The lowest BCUT2D eigenvalue weighted by atomic mass is 10.0. The molecule has 39 heavy (non-hydrogen) atoms. The van der Waals surface area contributed by atoms with E-state index in [1.807, 2.05) is 0 Å². The Bertz CT molecular complexity index is 1530. The number of pyridine rings is 1. The second-order valence-corrected chi connectivity index (χ2v) is 11.5. The van der Waals surface area contributed by atoms with Crippen LogP contribution in [-0.2, 0) is 21.1 Å². The quantitative estimate of drug-likeness (QED) is 0.315. The van der Waals surface area contributed by atoms with Gasteiger partial charge in [0.15, 0.2) is 21.9 Å². The van der Waals surface area contributed by atoms with Gasteiger partial charge >= 0.3 is 0 Å². The Balaban J connectivity index is 1.72. The lowest BCUT2D eigenvalue weighted by molar-refractivity contribution is -0.122. The van der Waals surface area contributed by atoms with Gasteiger partial charge in [0.1, 0.15) is 18.1 Å². The largest absolute Gasteiger partial charge is 0.451 e. The minimum Gasteiger partial charge on any atom is -0.451 e. The van der Waals surface area contributed by atoms with Crippen LogP contribution >= 0.6 is 0 Å². The van der Waals surface area contributed by atoms with E-state index >= 15 is 0 Å². The van der Waals surface area contributed by atoms with Crippen LogP contribution in [0.5, 0.6) is 0 Å². The molecule has 9 nitrogen and oxygen atoms in total. The molecule has 1 unspecified atom stereocenters. The number of rotatable bonds is 10. The molecule has 2 aromatic heterocycles. The summed E-state index contributed by atoms with van der Waals surface area (Å²) in [4.78, 5) is 36.7. The summed E-state index contributed by atoms with van der Waals surface area (Å²) in [5, 5.41) is 2.19. The van der Waals surface area contributed by atoms with Crippen LogP contribution in [0.25, 0.3) is 0 Å². The number of aromatic nitrogens is 2. The molecule has 0 saturated heterocycles. The fourth-order valence-electron chi connectivity index (χ4n) is 3.97. The Labute approximate surface area is 225 Å². The van der Waals surface area contributed by atoms with E-state index in [0.29, 0.717) is 17.5 Å². The molecular weight excluding hydrogens is 523 g/mol. The summed E-state index contributed by atoms with van der Waals surface area (Å²) in [6.45, 7) is 3.34. The van der Waals surface area contributed by atoms with Crippen LogP contribution in [0.15, 0.2) is 95.0 Å². The summed E-state index contributed by atoms with van der Waals surface area (Å²) in [6, 6.07) is 13.9. The molecule has 0 aliphatic rings. The number of nitrogens with one attached hydrogen (secondary N) is 1. The van der Waals surface area contributed by atoms with E-state index in [1.54, 1.807) is 38.1 Å². The molecule has 2 amide bonds. The number of carbonyl (C=O) groups excluding carboxylic acids is 2. The maximum absolute atomic E-state index is 13.7. The molecule has 0 radical (unpaired) electrons. The Morgan fingerprint density at radius 3 is 2.46 bits per heavy atom. The first-order valence-corrected chi connectivity index (χ1v) is 13.7. The molecule has 202 valence electrons. The molecule has 1 atom stereocenters. The van der Waals surface area contributed by atoms with E-state index < -0.39 is 32.9 Å². The number of anilines is 1.